The predicted molar refractivity (Wildman–Crippen MR) is 90.7 cm³/mol. The van der Waals surface area contributed by atoms with Crippen LogP contribution >= 0.6 is 23.1 Å². The highest BCUT2D eigenvalue weighted by Crippen LogP contribution is 2.29. The second-order valence-corrected chi connectivity index (χ2v) is 6.45. The van der Waals surface area contributed by atoms with E-state index in [9.17, 15) is 4.79 Å². The Labute approximate surface area is 132 Å². The molecule has 0 aliphatic heterocycles. The molecule has 4 nitrogen and oxygen atoms in total. The zero-order valence-corrected chi connectivity index (χ0v) is 13.6. The zero-order valence-electron chi connectivity index (χ0n) is 12.0. The SMILES string of the molecule is CCCSc1ccc(N)c(NC(=O)c2sccc2OC)c1. The van der Waals surface area contributed by atoms with E-state index < -0.39 is 0 Å². The number of anilines is 2. The number of hydrogen-bond acceptors (Lipinski definition) is 5. The van der Waals surface area contributed by atoms with Gasteiger partial charge in [0.15, 0.2) is 0 Å². The summed E-state index contributed by atoms with van der Waals surface area (Å²) in [5.41, 5.74) is 7.13. The number of benzene rings is 1. The van der Waals surface area contributed by atoms with Gasteiger partial charge in [-0.2, -0.15) is 0 Å². The maximum absolute atomic E-state index is 12.3. The molecule has 1 amide bonds. The normalized spacial score (nSPS) is 10.4. The summed E-state index contributed by atoms with van der Waals surface area (Å²) in [7, 11) is 1.55. The minimum atomic E-state index is -0.203. The topological polar surface area (TPSA) is 64.3 Å². The number of nitrogen functional groups attached to an aromatic ring is 1. The lowest BCUT2D eigenvalue weighted by molar-refractivity contribution is 0.102. The Morgan fingerprint density at radius 2 is 2.24 bits per heavy atom. The standard InChI is InChI=1S/C15H18N2O2S2/c1-3-7-20-10-4-5-11(16)12(9-10)17-15(18)14-13(19-2)6-8-21-14/h4-6,8-9H,3,7,16H2,1-2H3,(H,17,18). The smallest absolute Gasteiger partial charge is 0.269 e. The largest absolute Gasteiger partial charge is 0.495 e. The van der Waals surface area contributed by atoms with Gasteiger partial charge in [-0.15, -0.1) is 23.1 Å². The predicted octanol–water partition coefficient (Wildman–Crippen LogP) is 4.09. The van der Waals surface area contributed by atoms with Crippen molar-refractivity contribution in [2.75, 3.05) is 23.9 Å². The number of thioether (sulfide) groups is 1. The molecule has 0 unspecified atom stereocenters. The van der Waals surface area contributed by atoms with E-state index in [0.717, 1.165) is 17.1 Å². The van der Waals surface area contributed by atoms with Crippen molar-refractivity contribution in [3.8, 4) is 5.75 Å². The lowest BCUT2D eigenvalue weighted by Crippen LogP contribution is -2.12. The first-order valence-corrected chi connectivity index (χ1v) is 8.47. The Balaban J connectivity index is 2.16. The highest BCUT2D eigenvalue weighted by molar-refractivity contribution is 7.99. The number of nitrogens with one attached hydrogen (secondary N) is 1. The second-order valence-electron chi connectivity index (χ2n) is 4.37. The molecule has 1 aromatic heterocycles. The van der Waals surface area contributed by atoms with Crippen LogP contribution in [0.3, 0.4) is 0 Å². The molecule has 3 N–H and O–H groups in total. The molecule has 0 fully saturated rings. The summed E-state index contributed by atoms with van der Waals surface area (Å²) in [6.07, 6.45) is 1.10. The van der Waals surface area contributed by atoms with Gasteiger partial charge >= 0.3 is 0 Å². The third kappa shape index (κ3) is 3.92. The number of carbonyl (C=O) groups is 1. The first-order valence-electron chi connectivity index (χ1n) is 6.60. The van der Waals surface area contributed by atoms with E-state index in [-0.39, 0.29) is 5.91 Å². The fraction of sp³-hybridized carbons (Fsp3) is 0.267. The molecule has 0 atom stereocenters. The molecule has 0 aliphatic carbocycles. The molecule has 0 aliphatic rings. The van der Waals surface area contributed by atoms with E-state index in [2.05, 4.69) is 12.2 Å². The molecular formula is C15H18N2O2S2. The molecule has 21 heavy (non-hydrogen) atoms. The number of amides is 1. The number of methoxy groups -OCH3 is 1. The lowest BCUT2D eigenvalue weighted by Gasteiger charge is -2.10. The van der Waals surface area contributed by atoms with E-state index in [1.807, 2.05) is 23.6 Å². The van der Waals surface area contributed by atoms with Crippen molar-refractivity contribution in [2.24, 2.45) is 0 Å². The maximum atomic E-state index is 12.3. The minimum absolute atomic E-state index is 0.203. The van der Waals surface area contributed by atoms with Crippen molar-refractivity contribution in [3.05, 3.63) is 34.5 Å². The summed E-state index contributed by atoms with van der Waals surface area (Å²) < 4.78 is 5.17. The summed E-state index contributed by atoms with van der Waals surface area (Å²) in [5, 5.41) is 4.68. The number of rotatable bonds is 6. The van der Waals surface area contributed by atoms with Gasteiger partial charge < -0.3 is 15.8 Å². The van der Waals surface area contributed by atoms with Gasteiger partial charge in [-0.1, -0.05) is 6.92 Å². The quantitative estimate of drug-likeness (QED) is 0.621. The number of nitrogens with two attached hydrogens (primary N) is 1. The molecule has 0 bridgehead atoms. The third-order valence-corrected chi connectivity index (χ3v) is 4.90. The maximum Gasteiger partial charge on any atom is 0.269 e. The van der Waals surface area contributed by atoms with Gasteiger partial charge in [-0.05, 0) is 41.8 Å². The van der Waals surface area contributed by atoms with E-state index in [1.165, 1.54) is 11.3 Å². The number of hydrogen-bond donors (Lipinski definition) is 2. The van der Waals surface area contributed by atoms with Crippen LogP contribution in [0.25, 0.3) is 0 Å². The van der Waals surface area contributed by atoms with Crippen LogP contribution in [0.2, 0.25) is 0 Å². The summed E-state index contributed by atoms with van der Waals surface area (Å²) in [5.74, 6) is 1.41. The summed E-state index contributed by atoms with van der Waals surface area (Å²) in [6, 6.07) is 7.47. The highest BCUT2D eigenvalue weighted by Gasteiger charge is 2.15. The molecule has 0 spiro atoms. The Hall–Kier alpha value is -1.66. The Morgan fingerprint density at radius 3 is 2.95 bits per heavy atom. The molecule has 0 saturated heterocycles. The molecule has 0 radical (unpaired) electrons. The molecule has 6 heteroatoms. The first-order chi connectivity index (χ1) is 10.2. The fourth-order valence-electron chi connectivity index (χ4n) is 1.76. The van der Waals surface area contributed by atoms with Gasteiger partial charge in [0, 0.05) is 4.90 Å². The van der Waals surface area contributed by atoms with Gasteiger partial charge in [0.1, 0.15) is 10.6 Å². The lowest BCUT2D eigenvalue weighted by atomic mass is 10.2. The van der Waals surface area contributed by atoms with E-state index in [4.69, 9.17) is 10.5 Å². The average molecular weight is 322 g/mol. The molecule has 1 heterocycles. The van der Waals surface area contributed by atoms with Crippen LogP contribution < -0.4 is 15.8 Å². The van der Waals surface area contributed by atoms with Crippen LogP contribution in [0.4, 0.5) is 11.4 Å². The highest BCUT2D eigenvalue weighted by atomic mass is 32.2. The average Bonchev–Trinajstić information content (AvgIpc) is 2.96. The molecular weight excluding hydrogens is 304 g/mol. The Bertz CT molecular complexity index is 626. The van der Waals surface area contributed by atoms with Crippen molar-refractivity contribution >= 4 is 40.4 Å². The van der Waals surface area contributed by atoms with Crippen LogP contribution in [-0.4, -0.2) is 18.8 Å². The van der Waals surface area contributed by atoms with Gasteiger partial charge in [0.25, 0.3) is 5.91 Å². The Morgan fingerprint density at radius 1 is 1.43 bits per heavy atom. The van der Waals surface area contributed by atoms with E-state index in [0.29, 0.717) is 22.0 Å². The molecule has 0 saturated carbocycles. The van der Waals surface area contributed by atoms with E-state index in [1.54, 1.807) is 24.9 Å². The van der Waals surface area contributed by atoms with Gasteiger partial charge in [-0.3, -0.25) is 4.79 Å². The molecule has 2 aromatic rings. The molecule has 1 aromatic carbocycles. The monoisotopic (exact) mass is 322 g/mol. The summed E-state index contributed by atoms with van der Waals surface area (Å²) in [4.78, 5) is 13.9. The number of carbonyl (C=O) groups excluding carboxylic acids is 1. The van der Waals surface area contributed by atoms with Crippen molar-refractivity contribution in [1.29, 1.82) is 0 Å². The van der Waals surface area contributed by atoms with Crippen molar-refractivity contribution in [1.82, 2.24) is 0 Å². The zero-order chi connectivity index (χ0) is 15.2. The van der Waals surface area contributed by atoms with Crippen LogP contribution in [0, 0.1) is 0 Å². The summed E-state index contributed by atoms with van der Waals surface area (Å²) in [6.45, 7) is 2.13. The number of thiophene rings is 1. The second kappa shape index (κ2) is 7.38. The van der Waals surface area contributed by atoms with Crippen molar-refractivity contribution < 1.29 is 9.53 Å². The summed E-state index contributed by atoms with van der Waals surface area (Å²) >= 11 is 3.09. The van der Waals surface area contributed by atoms with E-state index >= 15 is 0 Å². The van der Waals surface area contributed by atoms with Crippen LogP contribution in [-0.2, 0) is 0 Å². The third-order valence-electron chi connectivity index (χ3n) is 2.80. The van der Waals surface area contributed by atoms with Crippen LogP contribution in [0.15, 0.2) is 34.5 Å². The van der Waals surface area contributed by atoms with Gasteiger partial charge in [0.05, 0.1) is 18.5 Å². The minimum Gasteiger partial charge on any atom is -0.495 e. The van der Waals surface area contributed by atoms with Crippen LogP contribution in [0.1, 0.15) is 23.0 Å². The number of ether oxygens (including phenoxy) is 1. The fourth-order valence-corrected chi connectivity index (χ4v) is 3.31. The van der Waals surface area contributed by atoms with Gasteiger partial charge in [0.2, 0.25) is 0 Å². The van der Waals surface area contributed by atoms with Crippen molar-refractivity contribution in [3.63, 3.8) is 0 Å². The molecule has 2 rings (SSSR count). The van der Waals surface area contributed by atoms with Crippen LogP contribution in [0.5, 0.6) is 5.75 Å². The van der Waals surface area contributed by atoms with Crippen molar-refractivity contribution in [2.45, 2.75) is 18.2 Å². The van der Waals surface area contributed by atoms with Gasteiger partial charge in [-0.25, -0.2) is 0 Å². The molecule has 112 valence electrons. The first kappa shape index (κ1) is 15.7. The Kier molecular flexibility index (Phi) is 5.52.